The molecule has 2 aromatic heterocycles. The van der Waals surface area contributed by atoms with E-state index in [-0.39, 0.29) is 5.41 Å². The molecule has 196 valence electrons. The first-order chi connectivity index (χ1) is 19.3. The van der Waals surface area contributed by atoms with E-state index in [4.69, 9.17) is 9.97 Å². The fourth-order valence-electron chi connectivity index (χ4n) is 5.41. The van der Waals surface area contributed by atoms with E-state index in [0.29, 0.717) is 0 Å². The molecule has 2 heterocycles. The molecule has 0 fully saturated rings. The van der Waals surface area contributed by atoms with Crippen LogP contribution in [0.3, 0.4) is 0 Å². The Balaban J connectivity index is 1.45. The Morgan fingerprint density at radius 3 is 2.02 bits per heavy atom. The molecule has 6 aromatic rings. The molecule has 2 nitrogen and oxygen atoms in total. The summed E-state index contributed by atoms with van der Waals surface area (Å²) in [7, 11) is 0. The van der Waals surface area contributed by atoms with Crippen molar-refractivity contribution in [1.29, 1.82) is 0 Å². The van der Waals surface area contributed by atoms with E-state index in [1.165, 1.54) is 38.9 Å². The van der Waals surface area contributed by atoms with Crippen molar-refractivity contribution in [2.45, 2.75) is 40.0 Å². The predicted molar refractivity (Wildman–Crippen MR) is 169 cm³/mol. The van der Waals surface area contributed by atoms with Gasteiger partial charge < -0.3 is 0 Å². The number of benzene rings is 4. The molecule has 40 heavy (non-hydrogen) atoms. The molecule has 2 heteroatoms. The smallest absolute Gasteiger partial charge is 0.0786 e. The predicted octanol–water partition coefficient (Wildman–Crippen LogP) is 10.2. The first-order valence-electron chi connectivity index (χ1n) is 13.9. The summed E-state index contributed by atoms with van der Waals surface area (Å²) in [5.74, 6) is 0. The van der Waals surface area contributed by atoms with Crippen molar-refractivity contribution in [2.75, 3.05) is 0 Å². The van der Waals surface area contributed by atoms with E-state index in [1.54, 1.807) is 0 Å². The van der Waals surface area contributed by atoms with Crippen molar-refractivity contribution in [3.63, 3.8) is 0 Å². The maximum atomic E-state index is 4.89. The average Bonchev–Trinajstić information content (AvgIpc) is 2.96. The van der Waals surface area contributed by atoms with E-state index >= 15 is 0 Å². The van der Waals surface area contributed by atoms with Crippen LogP contribution in [0.15, 0.2) is 116 Å². The maximum absolute atomic E-state index is 4.89. The van der Waals surface area contributed by atoms with Gasteiger partial charge in [0.15, 0.2) is 0 Å². The number of rotatable bonds is 4. The van der Waals surface area contributed by atoms with Gasteiger partial charge in [0.05, 0.1) is 11.2 Å². The van der Waals surface area contributed by atoms with Gasteiger partial charge in [0, 0.05) is 28.9 Å². The highest BCUT2D eigenvalue weighted by Crippen LogP contribution is 2.37. The number of nitrogens with zero attached hydrogens (tertiary/aromatic N) is 2. The molecule has 0 atom stereocenters. The van der Waals surface area contributed by atoms with Gasteiger partial charge in [-0.15, -0.1) is 0 Å². The Morgan fingerprint density at radius 2 is 1.23 bits per heavy atom. The lowest BCUT2D eigenvalue weighted by atomic mass is 9.86. The largest absolute Gasteiger partial charge is 0.256 e. The van der Waals surface area contributed by atoms with E-state index in [0.717, 1.165) is 33.3 Å². The second-order valence-corrected chi connectivity index (χ2v) is 11.8. The quantitative estimate of drug-likeness (QED) is 0.232. The Labute approximate surface area is 237 Å². The number of pyridine rings is 2. The van der Waals surface area contributed by atoms with Crippen LogP contribution < -0.4 is 0 Å². The number of hydrogen-bond donors (Lipinski definition) is 0. The van der Waals surface area contributed by atoms with Crippen LogP contribution in [0.2, 0.25) is 0 Å². The van der Waals surface area contributed by atoms with Crippen molar-refractivity contribution in [1.82, 2.24) is 9.97 Å². The summed E-state index contributed by atoms with van der Waals surface area (Å²) < 4.78 is 0. The van der Waals surface area contributed by atoms with Gasteiger partial charge in [-0.1, -0.05) is 99.1 Å². The molecule has 0 unspecified atom stereocenters. The van der Waals surface area contributed by atoms with Gasteiger partial charge in [0.1, 0.15) is 0 Å². The van der Waals surface area contributed by atoms with Crippen molar-refractivity contribution < 1.29 is 0 Å². The number of fused-ring (bicyclic) bond motifs is 1. The van der Waals surface area contributed by atoms with Crippen LogP contribution in [0.4, 0.5) is 0 Å². The summed E-state index contributed by atoms with van der Waals surface area (Å²) in [6.07, 6.45) is 3.81. The summed E-state index contributed by atoms with van der Waals surface area (Å²) in [5, 5.41) is 1.15. The Morgan fingerprint density at radius 1 is 0.500 bits per heavy atom. The second kappa shape index (κ2) is 10.2. The third-order valence-electron chi connectivity index (χ3n) is 7.64. The minimum Gasteiger partial charge on any atom is -0.256 e. The fourth-order valence-corrected chi connectivity index (χ4v) is 5.41. The van der Waals surface area contributed by atoms with Crippen molar-refractivity contribution in [2.24, 2.45) is 0 Å². The topological polar surface area (TPSA) is 25.8 Å². The molecule has 0 radical (unpaired) electrons. The Kier molecular flexibility index (Phi) is 6.56. The lowest BCUT2D eigenvalue weighted by molar-refractivity contribution is 0.589. The molecular formula is C38H34N2. The lowest BCUT2D eigenvalue weighted by Gasteiger charge is -2.19. The minimum absolute atomic E-state index is 0.0715. The zero-order valence-electron chi connectivity index (χ0n) is 23.9. The highest BCUT2D eigenvalue weighted by Gasteiger charge is 2.16. The third-order valence-corrected chi connectivity index (χ3v) is 7.64. The summed E-state index contributed by atoms with van der Waals surface area (Å²) in [4.78, 5) is 9.60. The van der Waals surface area contributed by atoms with Gasteiger partial charge in [-0.05, 0) is 88.5 Å². The Bertz CT molecular complexity index is 1840. The van der Waals surface area contributed by atoms with Crippen LogP contribution in [0.5, 0.6) is 0 Å². The standard InChI is InChI=1S/C38H34N2/c1-25-11-13-27(14-12-25)30-20-26(2)21-31(23-30)34-16-15-33(35-10-7-18-40-37(34)35)28-8-6-9-29(22-28)36-24-32(17-19-39-36)38(3,4)5/h6-24H,1-5H3. The van der Waals surface area contributed by atoms with Crippen molar-refractivity contribution >= 4 is 10.9 Å². The molecule has 0 saturated heterocycles. The van der Waals surface area contributed by atoms with Gasteiger partial charge in [0.25, 0.3) is 0 Å². The average molecular weight is 519 g/mol. The van der Waals surface area contributed by atoms with E-state index in [2.05, 4.69) is 132 Å². The van der Waals surface area contributed by atoms with Crippen LogP contribution >= 0.6 is 0 Å². The van der Waals surface area contributed by atoms with Gasteiger partial charge in [-0.3, -0.25) is 9.97 Å². The Hall–Kier alpha value is -4.56. The van der Waals surface area contributed by atoms with Crippen LogP contribution in [0.25, 0.3) is 55.5 Å². The SMILES string of the molecule is Cc1ccc(-c2cc(C)cc(-c3ccc(-c4cccc(-c5cc(C(C)(C)C)ccn5)c4)c4cccnc34)c2)cc1. The van der Waals surface area contributed by atoms with Crippen molar-refractivity contribution in [3.8, 4) is 44.6 Å². The van der Waals surface area contributed by atoms with Crippen LogP contribution in [0, 0.1) is 13.8 Å². The first-order valence-corrected chi connectivity index (χ1v) is 13.9. The molecule has 4 aromatic carbocycles. The molecule has 0 spiro atoms. The van der Waals surface area contributed by atoms with Crippen LogP contribution in [-0.4, -0.2) is 9.97 Å². The number of aromatic nitrogens is 2. The van der Waals surface area contributed by atoms with Crippen LogP contribution in [-0.2, 0) is 5.41 Å². The molecular weight excluding hydrogens is 484 g/mol. The summed E-state index contributed by atoms with van der Waals surface area (Å²) >= 11 is 0. The number of hydrogen-bond acceptors (Lipinski definition) is 2. The molecule has 6 rings (SSSR count). The van der Waals surface area contributed by atoms with Gasteiger partial charge >= 0.3 is 0 Å². The van der Waals surface area contributed by atoms with E-state index in [1.807, 2.05) is 18.5 Å². The summed E-state index contributed by atoms with van der Waals surface area (Å²) in [5.41, 5.74) is 14.1. The molecule has 0 aliphatic rings. The lowest BCUT2D eigenvalue weighted by Crippen LogP contribution is -2.11. The zero-order valence-corrected chi connectivity index (χ0v) is 23.9. The fraction of sp³-hybridized carbons (Fsp3) is 0.158. The van der Waals surface area contributed by atoms with E-state index in [9.17, 15) is 0 Å². The molecule has 0 saturated carbocycles. The van der Waals surface area contributed by atoms with Gasteiger partial charge in [-0.25, -0.2) is 0 Å². The molecule has 0 aliphatic carbocycles. The molecule has 0 N–H and O–H groups in total. The molecule has 0 bridgehead atoms. The minimum atomic E-state index is 0.0715. The second-order valence-electron chi connectivity index (χ2n) is 11.8. The highest BCUT2D eigenvalue weighted by atomic mass is 14.7. The molecule has 0 amide bonds. The van der Waals surface area contributed by atoms with Crippen LogP contribution in [0.1, 0.15) is 37.5 Å². The highest BCUT2D eigenvalue weighted by molar-refractivity contribution is 6.03. The van der Waals surface area contributed by atoms with Gasteiger partial charge in [0.2, 0.25) is 0 Å². The maximum Gasteiger partial charge on any atom is 0.0786 e. The number of aryl methyl sites for hydroxylation is 2. The van der Waals surface area contributed by atoms with Gasteiger partial charge in [-0.2, -0.15) is 0 Å². The summed E-state index contributed by atoms with van der Waals surface area (Å²) in [6, 6.07) is 37.3. The monoisotopic (exact) mass is 518 g/mol. The third kappa shape index (κ3) is 5.05. The van der Waals surface area contributed by atoms with E-state index < -0.39 is 0 Å². The van der Waals surface area contributed by atoms with Crippen molar-refractivity contribution in [3.05, 3.63) is 132 Å². The first kappa shape index (κ1) is 25.7. The molecule has 0 aliphatic heterocycles. The zero-order chi connectivity index (χ0) is 27.9. The normalized spacial score (nSPS) is 11.6. The summed E-state index contributed by atoms with van der Waals surface area (Å²) in [6.45, 7) is 11.0.